The van der Waals surface area contributed by atoms with E-state index in [2.05, 4.69) is 0 Å². The monoisotopic (exact) mass is 345 g/mol. The molecule has 0 amide bonds. The highest BCUT2D eigenvalue weighted by Crippen LogP contribution is 2.35. The van der Waals surface area contributed by atoms with Crippen molar-refractivity contribution in [3.05, 3.63) is 52.8 Å². The molecule has 2 unspecified atom stereocenters. The van der Waals surface area contributed by atoms with Crippen molar-refractivity contribution in [3.63, 3.8) is 0 Å². The Hall–Kier alpha value is -2.21. The van der Waals surface area contributed by atoms with Crippen molar-refractivity contribution in [1.29, 1.82) is 0 Å². The number of carbonyl (C=O) groups excluding carboxylic acids is 1. The molecule has 1 aliphatic heterocycles. The van der Waals surface area contributed by atoms with E-state index in [4.69, 9.17) is 0 Å². The Labute approximate surface area is 142 Å². The molecule has 6 heteroatoms. The number of benzene rings is 1. The van der Waals surface area contributed by atoms with Gasteiger partial charge in [0.25, 0.3) is 0 Å². The van der Waals surface area contributed by atoms with Gasteiger partial charge in [-0.05, 0) is 24.5 Å². The minimum absolute atomic E-state index is 0.208. The van der Waals surface area contributed by atoms with E-state index in [-0.39, 0.29) is 5.78 Å². The lowest BCUT2D eigenvalue weighted by Gasteiger charge is -2.08. The fraction of sp³-hybridized carbons (Fsp3) is 0.333. The Bertz CT molecular complexity index is 835. The van der Waals surface area contributed by atoms with Gasteiger partial charge in [0.1, 0.15) is 5.69 Å². The maximum Gasteiger partial charge on any atom is 0.312 e. The van der Waals surface area contributed by atoms with E-state index in [0.29, 0.717) is 34.8 Å². The molecular formula is C18H19NO4S. The second-order valence-electron chi connectivity index (χ2n) is 5.95. The quantitative estimate of drug-likeness (QED) is 0.845. The van der Waals surface area contributed by atoms with Gasteiger partial charge in [0.05, 0.1) is 21.6 Å². The first-order valence-corrected chi connectivity index (χ1v) is 9.43. The van der Waals surface area contributed by atoms with Crippen molar-refractivity contribution in [2.45, 2.75) is 37.1 Å². The molecule has 1 aromatic heterocycles. The second kappa shape index (κ2) is 6.36. The van der Waals surface area contributed by atoms with Gasteiger partial charge in [0, 0.05) is 24.1 Å². The molecule has 2 heterocycles. The highest BCUT2D eigenvalue weighted by atomic mass is 32.2. The van der Waals surface area contributed by atoms with E-state index in [1.165, 1.54) is 6.26 Å². The molecule has 1 aliphatic rings. The maximum atomic E-state index is 13.0. The van der Waals surface area contributed by atoms with E-state index in [1.54, 1.807) is 22.8 Å². The summed E-state index contributed by atoms with van der Waals surface area (Å²) in [6.07, 6.45) is 2.85. The number of carboxylic acid groups (broad SMARTS) is 1. The van der Waals surface area contributed by atoms with Gasteiger partial charge in [-0.25, -0.2) is 0 Å². The number of aromatic nitrogens is 1. The average Bonchev–Trinajstić information content (AvgIpc) is 3.12. The Morgan fingerprint density at radius 1 is 1.29 bits per heavy atom. The van der Waals surface area contributed by atoms with Crippen LogP contribution in [0.2, 0.25) is 0 Å². The molecule has 5 nitrogen and oxygen atoms in total. The third-order valence-electron chi connectivity index (χ3n) is 4.54. The van der Waals surface area contributed by atoms with Crippen LogP contribution in [-0.4, -0.2) is 31.9 Å². The van der Waals surface area contributed by atoms with Gasteiger partial charge in [-0.2, -0.15) is 0 Å². The largest absolute Gasteiger partial charge is 0.481 e. The van der Waals surface area contributed by atoms with Gasteiger partial charge in [-0.3, -0.25) is 13.8 Å². The fourth-order valence-corrected chi connectivity index (χ4v) is 3.97. The summed E-state index contributed by atoms with van der Waals surface area (Å²) < 4.78 is 13.8. The van der Waals surface area contributed by atoms with Crippen LogP contribution in [0.25, 0.3) is 0 Å². The number of carboxylic acids is 1. The lowest BCUT2D eigenvalue weighted by molar-refractivity contribution is -0.138. The van der Waals surface area contributed by atoms with Gasteiger partial charge in [-0.15, -0.1) is 0 Å². The standard InChI is InChI=1S/C18H19NO4S/c1-3-11-4-6-12(7-5-11)17(20)16-15(24(2)23)10-14-13(18(21)22)8-9-19(14)16/h4-7,10,13H,3,8-9H2,1-2H3,(H,21,22). The van der Waals surface area contributed by atoms with E-state index in [0.717, 1.165) is 12.0 Å². The highest BCUT2D eigenvalue weighted by Gasteiger charge is 2.35. The van der Waals surface area contributed by atoms with E-state index in [9.17, 15) is 18.9 Å². The number of fused-ring (bicyclic) bond motifs is 1. The lowest BCUT2D eigenvalue weighted by atomic mass is 10.0. The number of nitrogens with zero attached hydrogens (tertiary/aromatic N) is 1. The molecule has 1 N–H and O–H groups in total. The third kappa shape index (κ3) is 2.71. The minimum Gasteiger partial charge on any atom is -0.481 e. The molecule has 126 valence electrons. The number of carbonyl (C=O) groups is 2. The van der Waals surface area contributed by atoms with Crippen LogP contribution in [0, 0.1) is 0 Å². The van der Waals surface area contributed by atoms with Gasteiger partial charge < -0.3 is 9.67 Å². The summed E-state index contributed by atoms with van der Waals surface area (Å²) >= 11 is 0. The molecule has 24 heavy (non-hydrogen) atoms. The van der Waals surface area contributed by atoms with Gasteiger partial charge >= 0.3 is 5.97 Å². The van der Waals surface area contributed by atoms with Crippen molar-refractivity contribution >= 4 is 22.6 Å². The number of aliphatic carboxylic acids is 1. The van der Waals surface area contributed by atoms with Crippen LogP contribution < -0.4 is 0 Å². The molecule has 1 aromatic carbocycles. The van der Waals surface area contributed by atoms with Crippen molar-refractivity contribution < 1.29 is 18.9 Å². The van der Waals surface area contributed by atoms with Crippen LogP contribution >= 0.6 is 0 Å². The molecule has 0 saturated heterocycles. The zero-order valence-electron chi connectivity index (χ0n) is 13.6. The Morgan fingerprint density at radius 2 is 1.96 bits per heavy atom. The van der Waals surface area contributed by atoms with Crippen LogP contribution in [0.1, 0.15) is 46.6 Å². The minimum atomic E-state index is -1.36. The molecular weight excluding hydrogens is 326 g/mol. The van der Waals surface area contributed by atoms with E-state index in [1.807, 2.05) is 19.1 Å². The van der Waals surface area contributed by atoms with Crippen LogP contribution in [0.3, 0.4) is 0 Å². The molecule has 3 rings (SSSR count). The molecule has 0 saturated carbocycles. The summed E-state index contributed by atoms with van der Waals surface area (Å²) in [6, 6.07) is 8.98. The Kier molecular flexibility index (Phi) is 4.41. The van der Waals surface area contributed by atoms with Crippen molar-refractivity contribution in [3.8, 4) is 0 Å². The van der Waals surface area contributed by atoms with Crippen LogP contribution in [0.15, 0.2) is 35.2 Å². The number of hydrogen-bond donors (Lipinski definition) is 1. The number of hydrogen-bond acceptors (Lipinski definition) is 3. The molecule has 2 atom stereocenters. The van der Waals surface area contributed by atoms with E-state index >= 15 is 0 Å². The average molecular weight is 345 g/mol. The molecule has 0 fully saturated rings. The molecule has 0 bridgehead atoms. The van der Waals surface area contributed by atoms with Gasteiger partial charge in [-0.1, -0.05) is 31.2 Å². The summed E-state index contributed by atoms with van der Waals surface area (Å²) in [4.78, 5) is 24.8. The van der Waals surface area contributed by atoms with Crippen LogP contribution in [0.5, 0.6) is 0 Å². The van der Waals surface area contributed by atoms with Crippen LogP contribution in [0.4, 0.5) is 0 Å². The summed E-state index contributed by atoms with van der Waals surface area (Å²) in [7, 11) is -1.36. The first kappa shape index (κ1) is 16.6. The molecule has 0 spiro atoms. The summed E-state index contributed by atoms with van der Waals surface area (Å²) in [6.45, 7) is 2.50. The topological polar surface area (TPSA) is 76.4 Å². The molecule has 2 aromatic rings. The third-order valence-corrected chi connectivity index (χ3v) is 5.47. The van der Waals surface area contributed by atoms with Crippen LogP contribution in [-0.2, 0) is 28.6 Å². The predicted molar refractivity (Wildman–Crippen MR) is 91.0 cm³/mol. The van der Waals surface area contributed by atoms with Crippen molar-refractivity contribution in [2.75, 3.05) is 6.26 Å². The maximum absolute atomic E-state index is 13.0. The first-order chi connectivity index (χ1) is 11.4. The first-order valence-electron chi connectivity index (χ1n) is 7.87. The molecule has 0 aliphatic carbocycles. The fourth-order valence-electron chi connectivity index (χ4n) is 3.21. The molecule has 0 radical (unpaired) electrons. The van der Waals surface area contributed by atoms with Crippen molar-refractivity contribution in [1.82, 2.24) is 4.57 Å². The number of ketones is 1. The number of aryl methyl sites for hydroxylation is 1. The zero-order chi connectivity index (χ0) is 17.4. The Morgan fingerprint density at radius 3 is 2.50 bits per heavy atom. The lowest BCUT2D eigenvalue weighted by Crippen LogP contribution is -2.12. The normalized spacial score (nSPS) is 17.5. The highest BCUT2D eigenvalue weighted by molar-refractivity contribution is 7.84. The second-order valence-corrected chi connectivity index (χ2v) is 7.29. The Balaban J connectivity index is 2.09. The number of rotatable bonds is 5. The predicted octanol–water partition coefficient (Wildman–Crippen LogP) is 2.59. The van der Waals surface area contributed by atoms with E-state index < -0.39 is 22.7 Å². The SMILES string of the molecule is CCc1ccc(C(=O)c2c(S(C)=O)cc3n2CCC3C(=O)O)cc1. The summed E-state index contributed by atoms with van der Waals surface area (Å²) in [5.74, 6) is -1.76. The summed E-state index contributed by atoms with van der Waals surface area (Å²) in [5, 5.41) is 9.34. The summed E-state index contributed by atoms with van der Waals surface area (Å²) in [5.41, 5.74) is 2.59. The van der Waals surface area contributed by atoms with Gasteiger partial charge in [0.2, 0.25) is 5.78 Å². The zero-order valence-corrected chi connectivity index (χ0v) is 14.4. The van der Waals surface area contributed by atoms with Crippen molar-refractivity contribution in [2.24, 2.45) is 0 Å². The smallest absolute Gasteiger partial charge is 0.312 e. The van der Waals surface area contributed by atoms with Gasteiger partial charge in [0.15, 0.2) is 0 Å².